The summed E-state index contributed by atoms with van der Waals surface area (Å²) in [6, 6.07) is 0. The van der Waals surface area contributed by atoms with Gasteiger partial charge in [-0.2, -0.15) is 10.2 Å². The molecule has 1 rings (SSSR count). The fraction of sp³-hybridized carbons (Fsp3) is 0.333. The smallest absolute Gasteiger partial charge is 0.0533 e. The number of azo groups is 1. The van der Waals surface area contributed by atoms with Crippen molar-refractivity contribution in [2.75, 3.05) is 0 Å². The zero-order valence-electron chi connectivity index (χ0n) is 5.28. The van der Waals surface area contributed by atoms with Gasteiger partial charge in [-0.15, -0.1) is 0 Å². The lowest BCUT2D eigenvalue weighted by atomic mass is 10.1. The molecule has 1 heterocycles. The minimum Gasteiger partial charge on any atom is -0.319 e. The second-order valence-electron chi connectivity index (χ2n) is 2.23. The van der Waals surface area contributed by atoms with Gasteiger partial charge in [0.25, 0.3) is 0 Å². The molecule has 0 unspecified atom stereocenters. The van der Waals surface area contributed by atoms with Crippen LogP contribution in [0.4, 0.5) is 0 Å². The molecule has 3 nitrogen and oxygen atoms in total. The standard InChI is InChI=1S/C6H9N3/c1-6(7)2-4-8-9-5-3-6/h2-5H,7H2,1H3. The monoisotopic (exact) mass is 123 g/mol. The third-order valence-electron chi connectivity index (χ3n) is 1.07. The molecule has 1 aliphatic rings. The summed E-state index contributed by atoms with van der Waals surface area (Å²) in [5.41, 5.74) is 5.30. The van der Waals surface area contributed by atoms with Gasteiger partial charge < -0.3 is 5.73 Å². The van der Waals surface area contributed by atoms with Crippen LogP contribution < -0.4 is 5.73 Å². The maximum absolute atomic E-state index is 5.68. The fourth-order valence-electron chi connectivity index (χ4n) is 0.520. The number of nitrogens with two attached hydrogens (primary N) is 1. The highest BCUT2D eigenvalue weighted by Crippen LogP contribution is 2.06. The molecular weight excluding hydrogens is 114 g/mol. The van der Waals surface area contributed by atoms with E-state index in [1.54, 1.807) is 24.6 Å². The highest BCUT2D eigenvalue weighted by Gasteiger charge is 2.08. The Balaban J connectivity index is 2.82. The van der Waals surface area contributed by atoms with Crippen LogP contribution in [0.3, 0.4) is 0 Å². The predicted molar refractivity (Wildman–Crippen MR) is 35.7 cm³/mol. The first-order valence-corrected chi connectivity index (χ1v) is 2.75. The van der Waals surface area contributed by atoms with Gasteiger partial charge in [0, 0.05) is 12.4 Å². The molecule has 3 heteroatoms. The van der Waals surface area contributed by atoms with Crippen LogP contribution in [-0.2, 0) is 0 Å². The third kappa shape index (κ3) is 1.77. The minimum absolute atomic E-state index is 0.385. The van der Waals surface area contributed by atoms with Crippen LogP contribution in [0.1, 0.15) is 6.92 Å². The molecule has 0 aliphatic carbocycles. The van der Waals surface area contributed by atoms with Crippen molar-refractivity contribution in [3.8, 4) is 0 Å². The summed E-state index contributed by atoms with van der Waals surface area (Å²) in [6.45, 7) is 1.89. The highest BCUT2D eigenvalue weighted by atomic mass is 15.1. The van der Waals surface area contributed by atoms with E-state index in [-0.39, 0.29) is 5.54 Å². The number of hydrogen-bond acceptors (Lipinski definition) is 3. The van der Waals surface area contributed by atoms with E-state index in [2.05, 4.69) is 10.2 Å². The second-order valence-corrected chi connectivity index (χ2v) is 2.23. The van der Waals surface area contributed by atoms with Gasteiger partial charge in [0.15, 0.2) is 0 Å². The molecule has 0 bridgehead atoms. The molecule has 0 aromatic carbocycles. The summed E-state index contributed by atoms with van der Waals surface area (Å²) in [7, 11) is 0. The van der Waals surface area contributed by atoms with Crippen molar-refractivity contribution < 1.29 is 0 Å². The molecule has 0 amide bonds. The van der Waals surface area contributed by atoms with Gasteiger partial charge in [0.2, 0.25) is 0 Å². The van der Waals surface area contributed by atoms with Crippen LogP contribution in [0.5, 0.6) is 0 Å². The Bertz CT molecular complexity index is 159. The summed E-state index contributed by atoms with van der Waals surface area (Å²) in [5.74, 6) is 0. The Kier molecular flexibility index (Phi) is 1.44. The lowest BCUT2D eigenvalue weighted by molar-refractivity contribution is 0.735. The molecule has 0 aromatic rings. The Morgan fingerprint density at radius 2 is 1.67 bits per heavy atom. The minimum atomic E-state index is -0.385. The van der Waals surface area contributed by atoms with Crippen molar-refractivity contribution in [1.82, 2.24) is 0 Å². The van der Waals surface area contributed by atoms with Crippen LogP contribution in [-0.4, -0.2) is 5.54 Å². The van der Waals surface area contributed by atoms with E-state index >= 15 is 0 Å². The molecule has 48 valence electrons. The SMILES string of the molecule is CC1(N)C=CN=NC=C1. The lowest BCUT2D eigenvalue weighted by Crippen LogP contribution is -2.30. The van der Waals surface area contributed by atoms with Crippen LogP contribution in [0.25, 0.3) is 0 Å². The second kappa shape index (κ2) is 2.11. The van der Waals surface area contributed by atoms with Gasteiger partial charge in [0.05, 0.1) is 5.54 Å². The Morgan fingerprint density at radius 3 is 2.11 bits per heavy atom. The normalized spacial score (nSPS) is 22.0. The summed E-state index contributed by atoms with van der Waals surface area (Å²) < 4.78 is 0. The third-order valence-corrected chi connectivity index (χ3v) is 1.07. The van der Waals surface area contributed by atoms with E-state index < -0.39 is 0 Å². The average Bonchev–Trinajstić information content (AvgIpc) is 1.92. The number of nitrogens with zero attached hydrogens (tertiary/aromatic N) is 2. The molecular formula is C6H9N3. The maximum atomic E-state index is 5.68. The first-order valence-electron chi connectivity index (χ1n) is 2.75. The lowest BCUT2D eigenvalue weighted by Gasteiger charge is -2.11. The zero-order chi connectivity index (χ0) is 6.74. The van der Waals surface area contributed by atoms with Crippen molar-refractivity contribution in [1.29, 1.82) is 0 Å². The topological polar surface area (TPSA) is 50.7 Å². The van der Waals surface area contributed by atoms with Crippen LogP contribution >= 0.6 is 0 Å². The fourth-order valence-corrected chi connectivity index (χ4v) is 0.520. The molecule has 1 aliphatic heterocycles. The summed E-state index contributed by atoms with van der Waals surface area (Å²) >= 11 is 0. The van der Waals surface area contributed by atoms with Crippen molar-refractivity contribution in [3.05, 3.63) is 24.6 Å². The van der Waals surface area contributed by atoms with Gasteiger partial charge in [0.1, 0.15) is 0 Å². The van der Waals surface area contributed by atoms with Crippen molar-refractivity contribution in [2.24, 2.45) is 16.0 Å². The van der Waals surface area contributed by atoms with Gasteiger partial charge in [-0.3, -0.25) is 0 Å². The first-order chi connectivity index (χ1) is 4.21. The quantitative estimate of drug-likeness (QED) is 0.517. The van der Waals surface area contributed by atoms with E-state index in [1.807, 2.05) is 6.92 Å². The Hall–Kier alpha value is -0.960. The molecule has 0 saturated heterocycles. The van der Waals surface area contributed by atoms with Crippen LogP contribution in [0.2, 0.25) is 0 Å². The molecule has 0 saturated carbocycles. The van der Waals surface area contributed by atoms with E-state index in [0.29, 0.717) is 0 Å². The van der Waals surface area contributed by atoms with E-state index in [1.165, 1.54) is 0 Å². The molecule has 2 N–H and O–H groups in total. The molecule has 0 aromatic heterocycles. The summed E-state index contributed by atoms with van der Waals surface area (Å²) in [4.78, 5) is 0. The first kappa shape index (κ1) is 6.16. The van der Waals surface area contributed by atoms with Crippen molar-refractivity contribution in [2.45, 2.75) is 12.5 Å². The van der Waals surface area contributed by atoms with E-state index in [9.17, 15) is 0 Å². The Labute approximate surface area is 54.0 Å². The van der Waals surface area contributed by atoms with Gasteiger partial charge >= 0.3 is 0 Å². The summed E-state index contributed by atoms with van der Waals surface area (Å²) in [5, 5.41) is 7.29. The van der Waals surface area contributed by atoms with Crippen LogP contribution in [0, 0.1) is 0 Å². The predicted octanol–water partition coefficient (Wildman–Crippen LogP) is 1.20. The molecule has 0 fully saturated rings. The van der Waals surface area contributed by atoms with Crippen LogP contribution in [0.15, 0.2) is 34.8 Å². The van der Waals surface area contributed by atoms with Crippen molar-refractivity contribution >= 4 is 0 Å². The maximum Gasteiger partial charge on any atom is 0.0533 e. The number of rotatable bonds is 0. The van der Waals surface area contributed by atoms with Crippen molar-refractivity contribution in [3.63, 3.8) is 0 Å². The van der Waals surface area contributed by atoms with Gasteiger partial charge in [-0.05, 0) is 19.1 Å². The molecule has 0 radical (unpaired) electrons. The van der Waals surface area contributed by atoms with E-state index in [0.717, 1.165) is 0 Å². The summed E-state index contributed by atoms with van der Waals surface area (Å²) in [6.07, 6.45) is 6.78. The molecule has 0 atom stereocenters. The van der Waals surface area contributed by atoms with Gasteiger partial charge in [-0.25, -0.2) is 0 Å². The van der Waals surface area contributed by atoms with Gasteiger partial charge in [-0.1, -0.05) is 0 Å². The molecule has 9 heavy (non-hydrogen) atoms. The number of hydrogen-bond donors (Lipinski definition) is 1. The zero-order valence-corrected chi connectivity index (χ0v) is 5.28. The van der Waals surface area contributed by atoms with E-state index in [4.69, 9.17) is 5.73 Å². The Morgan fingerprint density at radius 1 is 1.22 bits per heavy atom. The largest absolute Gasteiger partial charge is 0.319 e. The molecule has 0 spiro atoms. The highest BCUT2D eigenvalue weighted by molar-refractivity contribution is 5.15. The average molecular weight is 123 g/mol.